The van der Waals surface area contributed by atoms with E-state index in [9.17, 15) is 14.4 Å². The lowest BCUT2D eigenvalue weighted by Crippen LogP contribution is -2.46. The predicted octanol–water partition coefficient (Wildman–Crippen LogP) is 1.86. The summed E-state index contributed by atoms with van der Waals surface area (Å²) in [4.78, 5) is 34.9. The van der Waals surface area contributed by atoms with Gasteiger partial charge >= 0.3 is 5.97 Å². The SMILES string of the molecule is CC(C)C[C@H](NC(=O)CNC(=O)c1cc(Br)cs1)C(=O)O. The summed E-state index contributed by atoms with van der Waals surface area (Å²) >= 11 is 4.49. The zero-order valence-corrected chi connectivity index (χ0v) is 14.1. The maximum Gasteiger partial charge on any atom is 0.326 e. The van der Waals surface area contributed by atoms with Crippen molar-refractivity contribution in [3.63, 3.8) is 0 Å². The van der Waals surface area contributed by atoms with Crippen molar-refractivity contribution in [2.45, 2.75) is 26.3 Å². The molecule has 0 aliphatic heterocycles. The van der Waals surface area contributed by atoms with Crippen molar-refractivity contribution < 1.29 is 19.5 Å². The predicted molar refractivity (Wildman–Crippen MR) is 83.4 cm³/mol. The van der Waals surface area contributed by atoms with Crippen LogP contribution in [0.15, 0.2) is 15.9 Å². The monoisotopic (exact) mass is 376 g/mol. The molecule has 0 aromatic carbocycles. The highest BCUT2D eigenvalue weighted by Crippen LogP contribution is 2.19. The number of hydrogen-bond donors (Lipinski definition) is 3. The molecule has 6 nitrogen and oxygen atoms in total. The number of carbonyl (C=O) groups excluding carboxylic acids is 2. The molecule has 1 aromatic rings. The minimum absolute atomic E-state index is 0.143. The van der Waals surface area contributed by atoms with Gasteiger partial charge in [-0.25, -0.2) is 4.79 Å². The number of amides is 2. The molecule has 1 aromatic heterocycles. The molecule has 8 heteroatoms. The van der Waals surface area contributed by atoms with Crippen LogP contribution in [0.1, 0.15) is 29.9 Å². The molecule has 0 bridgehead atoms. The molecule has 116 valence electrons. The third kappa shape index (κ3) is 6.26. The van der Waals surface area contributed by atoms with Crippen molar-refractivity contribution >= 4 is 45.1 Å². The lowest BCUT2D eigenvalue weighted by atomic mass is 10.0. The first kappa shape index (κ1) is 17.6. The highest BCUT2D eigenvalue weighted by Gasteiger charge is 2.21. The normalized spacial score (nSPS) is 12.0. The Morgan fingerprint density at radius 1 is 1.38 bits per heavy atom. The van der Waals surface area contributed by atoms with Gasteiger partial charge in [-0.2, -0.15) is 0 Å². The Morgan fingerprint density at radius 3 is 2.52 bits per heavy atom. The molecule has 0 aliphatic carbocycles. The number of rotatable bonds is 7. The maximum atomic E-state index is 11.7. The van der Waals surface area contributed by atoms with Gasteiger partial charge in [0.15, 0.2) is 0 Å². The van der Waals surface area contributed by atoms with E-state index in [0.717, 1.165) is 4.47 Å². The Bertz CT molecular complexity index is 530. The molecule has 0 unspecified atom stereocenters. The van der Waals surface area contributed by atoms with Crippen LogP contribution in [0, 0.1) is 5.92 Å². The van der Waals surface area contributed by atoms with Crippen LogP contribution in [0.4, 0.5) is 0 Å². The molecule has 2 amide bonds. The molecule has 0 saturated carbocycles. The van der Waals surface area contributed by atoms with Gasteiger partial charge in [0.25, 0.3) is 5.91 Å². The topological polar surface area (TPSA) is 95.5 Å². The van der Waals surface area contributed by atoms with Gasteiger partial charge in [-0.3, -0.25) is 9.59 Å². The van der Waals surface area contributed by atoms with Crippen LogP contribution >= 0.6 is 27.3 Å². The third-order valence-corrected chi connectivity index (χ3v) is 4.23. The van der Waals surface area contributed by atoms with Crippen molar-refractivity contribution in [2.24, 2.45) is 5.92 Å². The van der Waals surface area contributed by atoms with Crippen molar-refractivity contribution in [1.29, 1.82) is 0 Å². The Hall–Kier alpha value is -1.41. The number of carboxylic acid groups (broad SMARTS) is 1. The Morgan fingerprint density at radius 2 is 2.05 bits per heavy atom. The van der Waals surface area contributed by atoms with Crippen LogP contribution < -0.4 is 10.6 Å². The number of thiophene rings is 1. The van der Waals surface area contributed by atoms with Gasteiger partial charge in [0.2, 0.25) is 5.91 Å². The van der Waals surface area contributed by atoms with E-state index in [-0.39, 0.29) is 18.4 Å². The number of carbonyl (C=O) groups is 3. The summed E-state index contributed by atoms with van der Waals surface area (Å²) in [6, 6.07) is 0.710. The van der Waals surface area contributed by atoms with Crippen molar-refractivity contribution in [3.05, 3.63) is 20.8 Å². The average Bonchev–Trinajstić information content (AvgIpc) is 2.81. The molecule has 0 aliphatic rings. The first-order chi connectivity index (χ1) is 9.79. The first-order valence-corrected chi connectivity index (χ1v) is 8.01. The molecule has 21 heavy (non-hydrogen) atoms. The number of carboxylic acids is 1. The Balaban J connectivity index is 2.45. The van der Waals surface area contributed by atoms with Gasteiger partial charge in [0.1, 0.15) is 6.04 Å². The largest absolute Gasteiger partial charge is 0.480 e. The van der Waals surface area contributed by atoms with Crippen LogP contribution in [-0.2, 0) is 9.59 Å². The quantitative estimate of drug-likeness (QED) is 0.676. The summed E-state index contributed by atoms with van der Waals surface area (Å²) in [7, 11) is 0. The second kappa shape index (κ2) is 8.14. The zero-order chi connectivity index (χ0) is 16.0. The standard InChI is InChI=1S/C13H17BrN2O4S/c1-7(2)3-9(13(19)20)16-11(17)5-15-12(18)10-4-8(14)6-21-10/h4,6-7,9H,3,5H2,1-2H3,(H,15,18)(H,16,17)(H,19,20)/t9-/m0/s1. The number of aliphatic carboxylic acids is 1. The van der Waals surface area contributed by atoms with Crippen molar-refractivity contribution in [3.8, 4) is 0 Å². The molecule has 3 N–H and O–H groups in total. The van der Waals surface area contributed by atoms with E-state index in [1.807, 2.05) is 13.8 Å². The highest BCUT2D eigenvalue weighted by molar-refractivity contribution is 9.10. The van der Waals surface area contributed by atoms with Gasteiger partial charge < -0.3 is 15.7 Å². The minimum Gasteiger partial charge on any atom is -0.480 e. The molecular formula is C13H17BrN2O4S. The fraction of sp³-hybridized carbons (Fsp3) is 0.462. The third-order valence-electron chi connectivity index (χ3n) is 2.54. The van der Waals surface area contributed by atoms with E-state index in [2.05, 4.69) is 26.6 Å². The molecule has 0 radical (unpaired) electrons. The molecule has 0 spiro atoms. The molecule has 1 atom stereocenters. The zero-order valence-electron chi connectivity index (χ0n) is 11.7. The molecule has 1 rings (SSSR count). The van der Waals surface area contributed by atoms with Gasteiger partial charge in [0.05, 0.1) is 11.4 Å². The minimum atomic E-state index is -1.08. The van der Waals surface area contributed by atoms with Gasteiger partial charge in [-0.05, 0) is 34.3 Å². The summed E-state index contributed by atoms with van der Waals surface area (Å²) in [5.41, 5.74) is 0. The van der Waals surface area contributed by atoms with Crippen molar-refractivity contribution in [1.82, 2.24) is 10.6 Å². The fourth-order valence-corrected chi connectivity index (χ4v) is 2.96. The summed E-state index contributed by atoms with van der Waals surface area (Å²) < 4.78 is 0.796. The number of nitrogens with one attached hydrogen (secondary N) is 2. The summed E-state index contributed by atoms with van der Waals surface area (Å²) in [5, 5.41) is 15.6. The lowest BCUT2D eigenvalue weighted by Gasteiger charge is -2.16. The molecule has 1 heterocycles. The van der Waals surface area contributed by atoms with Crippen molar-refractivity contribution in [2.75, 3.05) is 6.54 Å². The summed E-state index contributed by atoms with van der Waals surface area (Å²) in [5.74, 6) is -1.82. The first-order valence-electron chi connectivity index (χ1n) is 6.34. The number of halogens is 1. The fourth-order valence-electron chi connectivity index (χ4n) is 1.62. The van der Waals surface area contributed by atoms with Gasteiger partial charge in [-0.1, -0.05) is 13.8 Å². The Kier molecular flexibility index (Phi) is 6.83. The average molecular weight is 377 g/mol. The van der Waals surface area contributed by atoms with E-state index in [1.165, 1.54) is 11.3 Å². The number of hydrogen-bond acceptors (Lipinski definition) is 4. The van der Waals surface area contributed by atoms with E-state index in [0.29, 0.717) is 11.3 Å². The van der Waals surface area contributed by atoms with Crippen LogP contribution in [0.3, 0.4) is 0 Å². The lowest BCUT2D eigenvalue weighted by molar-refractivity contribution is -0.142. The Labute approximate surface area is 135 Å². The molecule has 0 fully saturated rings. The van der Waals surface area contributed by atoms with Crippen LogP contribution in [0.5, 0.6) is 0 Å². The molecule has 0 saturated heterocycles. The van der Waals surface area contributed by atoms with Crippen LogP contribution in [0.25, 0.3) is 0 Å². The summed E-state index contributed by atoms with van der Waals surface area (Å²) in [6.45, 7) is 3.49. The van der Waals surface area contributed by atoms with E-state index in [1.54, 1.807) is 11.4 Å². The second-order valence-electron chi connectivity index (χ2n) is 4.90. The van der Waals surface area contributed by atoms with E-state index < -0.39 is 17.9 Å². The van der Waals surface area contributed by atoms with Gasteiger partial charge in [0, 0.05) is 9.85 Å². The smallest absolute Gasteiger partial charge is 0.326 e. The maximum absolute atomic E-state index is 11.7. The molecular weight excluding hydrogens is 360 g/mol. The highest BCUT2D eigenvalue weighted by atomic mass is 79.9. The van der Waals surface area contributed by atoms with E-state index >= 15 is 0 Å². The van der Waals surface area contributed by atoms with Crippen LogP contribution in [0.2, 0.25) is 0 Å². The van der Waals surface area contributed by atoms with Gasteiger partial charge in [-0.15, -0.1) is 11.3 Å². The summed E-state index contributed by atoms with van der Waals surface area (Å²) in [6.07, 6.45) is 0.340. The van der Waals surface area contributed by atoms with Crippen LogP contribution in [-0.4, -0.2) is 35.5 Å². The van der Waals surface area contributed by atoms with E-state index in [4.69, 9.17) is 5.11 Å². The second-order valence-corrected chi connectivity index (χ2v) is 6.73.